The van der Waals surface area contributed by atoms with Crippen LogP contribution in [0.2, 0.25) is 0 Å². The molecule has 0 aromatic heterocycles. The lowest BCUT2D eigenvalue weighted by Crippen LogP contribution is -2.03. The largest absolute Gasteiger partial charge is 0.493 e. The van der Waals surface area contributed by atoms with E-state index in [4.69, 9.17) is 9.47 Å². The van der Waals surface area contributed by atoms with Crippen molar-refractivity contribution < 1.29 is 22.1 Å². The quantitative estimate of drug-likeness (QED) is 0.650. The Morgan fingerprint density at radius 2 is 1.90 bits per heavy atom. The predicted molar refractivity (Wildman–Crippen MR) is 85.7 cm³/mol. The van der Waals surface area contributed by atoms with E-state index in [1.807, 2.05) is 24.3 Å². The summed E-state index contributed by atoms with van der Waals surface area (Å²) < 4.78 is 37.5. The zero-order valence-electron chi connectivity index (χ0n) is 12.3. The molecule has 0 radical (unpaired) electrons. The maximum atomic E-state index is 10.9. The lowest BCUT2D eigenvalue weighted by molar-refractivity contribution is 0.354. The number of aryl methyl sites for hydroxylation is 1. The van der Waals surface area contributed by atoms with Crippen LogP contribution < -0.4 is 9.47 Å². The van der Waals surface area contributed by atoms with E-state index in [2.05, 4.69) is 20.1 Å². The molecule has 0 heterocycles. The first-order valence-electron chi connectivity index (χ1n) is 6.25. The summed E-state index contributed by atoms with van der Waals surface area (Å²) in [5.74, 6) is 1.39. The molecule has 0 fully saturated rings. The Morgan fingerprint density at radius 3 is 2.48 bits per heavy atom. The Hall–Kier alpha value is -1.05. The third-order valence-corrected chi connectivity index (χ3v) is 3.76. The minimum absolute atomic E-state index is 0.0186. The number of halogens is 1. The van der Waals surface area contributed by atoms with Crippen molar-refractivity contribution in [2.24, 2.45) is 0 Å². The predicted octanol–water partition coefficient (Wildman–Crippen LogP) is 2.89. The molecule has 0 atom stereocenters. The molecule has 0 aliphatic rings. The monoisotopic (exact) mass is 378 g/mol. The Morgan fingerprint density at radius 1 is 1.24 bits per heavy atom. The number of hydrogen-bond donors (Lipinski definition) is 0. The van der Waals surface area contributed by atoms with Gasteiger partial charge in [-0.3, -0.25) is 4.18 Å². The van der Waals surface area contributed by atoms with Crippen molar-refractivity contribution in [2.45, 2.75) is 12.8 Å². The lowest BCUT2D eigenvalue weighted by atomic mass is 10.1. The van der Waals surface area contributed by atoms with Gasteiger partial charge in [0.25, 0.3) is 10.1 Å². The maximum Gasteiger partial charge on any atom is 0.264 e. The van der Waals surface area contributed by atoms with Gasteiger partial charge in [-0.25, -0.2) is 0 Å². The van der Waals surface area contributed by atoms with E-state index in [0.29, 0.717) is 16.0 Å². The number of allylic oxidation sites excluding steroid dienone is 1. The van der Waals surface area contributed by atoms with Crippen LogP contribution in [0.5, 0.6) is 11.5 Å². The average Bonchev–Trinajstić information content (AvgIpc) is 2.44. The molecule has 0 aliphatic heterocycles. The highest BCUT2D eigenvalue weighted by atomic mass is 79.9. The van der Waals surface area contributed by atoms with Crippen LogP contribution >= 0.6 is 15.9 Å². The average molecular weight is 379 g/mol. The molecule has 7 heteroatoms. The molecule has 5 nitrogen and oxygen atoms in total. The van der Waals surface area contributed by atoms with Crippen molar-refractivity contribution in [1.29, 1.82) is 0 Å². The van der Waals surface area contributed by atoms with Gasteiger partial charge in [0.15, 0.2) is 11.5 Å². The molecular weight excluding hydrogens is 360 g/mol. The zero-order valence-corrected chi connectivity index (χ0v) is 14.7. The van der Waals surface area contributed by atoms with Crippen molar-refractivity contribution >= 4 is 26.0 Å². The van der Waals surface area contributed by atoms with Crippen molar-refractivity contribution in [3.05, 3.63) is 34.3 Å². The van der Waals surface area contributed by atoms with Gasteiger partial charge < -0.3 is 9.47 Å². The minimum Gasteiger partial charge on any atom is -0.493 e. The van der Waals surface area contributed by atoms with Crippen LogP contribution in [-0.4, -0.2) is 35.5 Å². The van der Waals surface area contributed by atoms with E-state index in [1.165, 1.54) is 0 Å². The molecule has 1 rings (SSSR count). The fourth-order valence-electron chi connectivity index (χ4n) is 1.65. The van der Waals surface area contributed by atoms with E-state index in [0.717, 1.165) is 24.7 Å². The fraction of sp³-hybridized carbons (Fsp3) is 0.429. The van der Waals surface area contributed by atoms with Gasteiger partial charge in [0.1, 0.15) is 0 Å². The van der Waals surface area contributed by atoms with Crippen LogP contribution in [0.3, 0.4) is 0 Å². The summed E-state index contributed by atoms with van der Waals surface area (Å²) in [6, 6.07) is 5.75. The number of benzene rings is 1. The molecule has 0 N–H and O–H groups in total. The highest BCUT2D eigenvalue weighted by Crippen LogP contribution is 2.28. The fourth-order valence-corrected chi connectivity index (χ4v) is 2.49. The topological polar surface area (TPSA) is 61.8 Å². The van der Waals surface area contributed by atoms with Crippen LogP contribution in [0.15, 0.2) is 28.8 Å². The first-order valence-corrected chi connectivity index (χ1v) is 8.86. The maximum absolute atomic E-state index is 10.9. The van der Waals surface area contributed by atoms with E-state index in [-0.39, 0.29) is 6.61 Å². The molecule has 0 bridgehead atoms. The number of hydrogen-bond acceptors (Lipinski definition) is 5. The summed E-state index contributed by atoms with van der Waals surface area (Å²) in [6.45, 7) is 0.0186. The van der Waals surface area contributed by atoms with Gasteiger partial charge >= 0.3 is 0 Å². The van der Waals surface area contributed by atoms with E-state index in [9.17, 15) is 8.42 Å². The second kappa shape index (κ2) is 8.41. The van der Waals surface area contributed by atoms with Crippen molar-refractivity contribution in [1.82, 2.24) is 0 Å². The highest BCUT2D eigenvalue weighted by molar-refractivity contribution is 9.11. The molecule has 0 saturated carbocycles. The summed E-state index contributed by atoms with van der Waals surface area (Å²) >= 11 is 3.28. The van der Waals surface area contributed by atoms with Gasteiger partial charge in [0.05, 0.1) is 27.1 Å². The normalized spacial score (nSPS) is 12.3. The summed E-state index contributed by atoms with van der Waals surface area (Å²) in [4.78, 5) is 0. The zero-order chi connectivity index (χ0) is 15.9. The summed E-state index contributed by atoms with van der Waals surface area (Å²) in [7, 11) is -0.220. The minimum atomic E-state index is -3.41. The highest BCUT2D eigenvalue weighted by Gasteiger charge is 2.05. The van der Waals surface area contributed by atoms with E-state index < -0.39 is 10.1 Å². The summed E-state index contributed by atoms with van der Waals surface area (Å²) in [5, 5.41) is 0. The van der Waals surface area contributed by atoms with Gasteiger partial charge in [0.2, 0.25) is 0 Å². The first-order chi connectivity index (χ1) is 9.85. The Bertz CT molecular complexity index is 595. The molecule has 21 heavy (non-hydrogen) atoms. The van der Waals surface area contributed by atoms with Crippen molar-refractivity contribution in [3.63, 3.8) is 0 Å². The van der Waals surface area contributed by atoms with Crippen LogP contribution in [-0.2, 0) is 20.7 Å². The van der Waals surface area contributed by atoms with Crippen LogP contribution in [0.1, 0.15) is 12.0 Å². The van der Waals surface area contributed by atoms with Crippen LogP contribution in [0, 0.1) is 0 Å². The number of ether oxygens (including phenoxy) is 2. The standard InChI is InChI=1S/C14H19BrO5S/c1-18-13-8-7-11(9-14(13)19-2)5-4-6-12(15)10-20-21(3,16)17/h6-9H,4-5,10H2,1-3H3/b12-6-. The van der Waals surface area contributed by atoms with Crippen LogP contribution in [0.4, 0.5) is 0 Å². The first kappa shape index (κ1) is 18.0. The molecule has 1 aromatic carbocycles. The lowest BCUT2D eigenvalue weighted by Gasteiger charge is -2.09. The van der Waals surface area contributed by atoms with Gasteiger partial charge in [0, 0.05) is 4.48 Å². The molecule has 0 unspecified atom stereocenters. The summed E-state index contributed by atoms with van der Waals surface area (Å²) in [5.41, 5.74) is 1.10. The molecule has 0 saturated heterocycles. The smallest absolute Gasteiger partial charge is 0.264 e. The van der Waals surface area contributed by atoms with Crippen LogP contribution in [0.25, 0.3) is 0 Å². The Kier molecular flexibility index (Phi) is 7.21. The van der Waals surface area contributed by atoms with Gasteiger partial charge in [-0.1, -0.05) is 28.1 Å². The second-order valence-electron chi connectivity index (χ2n) is 4.35. The third kappa shape index (κ3) is 6.97. The SMILES string of the molecule is COc1ccc(CC/C=C(\Br)COS(C)(=O)=O)cc1OC. The molecule has 0 amide bonds. The Balaban J connectivity index is 2.55. The van der Waals surface area contributed by atoms with E-state index >= 15 is 0 Å². The van der Waals surface area contributed by atoms with Crippen molar-refractivity contribution in [2.75, 3.05) is 27.1 Å². The molecule has 0 spiro atoms. The molecular formula is C14H19BrO5S. The Labute approximate surface area is 134 Å². The summed E-state index contributed by atoms with van der Waals surface area (Å²) in [6.07, 6.45) is 4.47. The van der Waals surface area contributed by atoms with Crippen molar-refractivity contribution in [3.8, 4) is 11.5 Å². The molecule has 1 aromatic rings. The van der Waals surface area contributed by atoms with Gasteiger partial charge in [-0.2, -0.15) is 8.42 Å². The third-order valence-electron chi connectivity index (χ3n) is 2.66. The van der Waals surface area contributed by atoms with E-state index in [1.54, 1.807) is 14.2 Å². The van der Waals surface area contributed by atoms with Gasteiger partial charge in [-0.05, 0) is 30.5 Å². The molecule has 118 valence electrons. The van der Waals surface area contributed by atoms with Gasteiger partial charge in [-0.15, -0.1) is 0 Å². The molecule has 0 aliphatic carbocycles. The number of rotatable bonds is 8. The number of methoxy groups -OCH3 is 2. The second-order valence-corrected chi connectivity index (χ2v) is 7.01.